The van der Waals surface area contributed by atoms with Crippen molar-refractivity contribution >= 4 is 23.7 Å². The standard InChI is InChI=1S/C18H21ClFNO4/c1-16(2,3)25-15(24)21-13(14(22)23)18-7-17(8-18,9-18)10-4-5-12(20)11(19)6-10/h4-6,13H,7-9H2,1-3H3,(H,21,24)(H,22,23). The first-order valence-corrected chi connectivity index (χ1v) is 8.52. The van der Waals surface area contributed by atoms with Crippen molar-refractivity contribution < 1.29 is 23.8 Å². The Kier molecular flexibility index (Phi) is 4.02. The summed E-state index contributed by atoms with van der Waals surface area (Å²) < 4.78 is 18.5. The van der Waals surface area contributed by atoms with E-state index in [4.69, 9.17) is 16.3 Å². The number of carbonyl (C=O) groups excluding carboxylic acids is 1. The molecule has 25 heavy (non-hydrogen) atoms. The summed E-state index contributed by atoms with van der Waals surface area (Å²) in [4.78, 5) is 23.6. The zero-order valence-corrected chi connectivity index (χ0v) is 15.1. The van der Waals surface area contributed by atoms with Gasteiger partial charge in [0.05, 0.1) is 5.02 Å². The Bertz CT molecular complexity index is 723. The second-order valence-corrected chi connectivity index (χ2v) is 8.63. The molecule has 7 heteroatoms. The number of benzene rings is 1. The minimum absolute atomic E-state index is 0.0675. The molecule has 1 aromatic rings. The lowest BCUT2D eigenvalue weighted by Crippen LogP contribution is -2.73. The number of nitrogens with one attached hydrogen (secondary N) is 1. The molecule has 1 atom stereocenters. The van der Waals surface area contributed by atoms with Crippen LogP contribution >= 0.6 is 11.6 Å². The fraction of sp³-hybridized carbons (Fsp3) is 0.556. The van der Waals surface area contributed by atoms with Gasteiger partial charge in [0.25, 0.3) is 0 Å². The van der Waals surface area contributed by atoms with E-state index in [1.54, 1.807) is 32.9 Å². The van der Waals surface area contributed by atoms with Gasteiger partial charge < -0.3 is 15.2 Å². The first-order chi connectivity index (χ1) is 11.5. The molecule has 5 nitrogen and oxygen atoms in total. The maximum atomic E-state index is 13.3. The molecule has 3 aliphatic carbocycles. The van der Waals surface area contributed by atoms with E-state index < -0.39 is 34.9 Å². The van der Waals surface area contributed by atoms with Crippen molar-refractivity contribution in [3.63, 3.8) is 0 Å². The van der Waals surface area contributed by atoms with Gasteiger partial charge in [-0.1, -0.05) is 17.7 Å². The maximum absolute atomic E-state index is 13.3. The van der Waals surface area contributed by atoms with Crippen LogP contribution in [0.2, 0.25) is 5.02 Å². The van der Waals surface area contributed by atoms with Gasteiger partial charge in [0, 0.05) is 5.41 Å². The Morgan fingerprint density at radius 3 is 2.40 bits per heavy atom. The van der Waals surface area contributed by atoms with E-state index in [0.717, 1.165) is 5.56 Å². The highest BCUT2D eigenvalue weighted by molar-refractivity contribution is 6.30. The summed E-state index contributed by atoms with van der Waals surface area (Å²) in [6.45, 7) is 5.16. The fourth-order valence-electron chi connectivity index (χ4n) is 4.21. The fourth-order valence-corrected chi connectivity index (χ4v) is 4.39. The van der Waals surface area contributed by atoms with Gasteiger partial charge >= 0.3 is 12.1 Å². The SMILES string of the molecule is CC(C)(C)OC(=O)NC(C(=O)O)C12CC(c3ccc(F)c(Cl)c3)(C1)C2. The molecule has 0 aliphatic heterocycles. The average molecular weight is 370 g/mol. The number of carbonyl (C=O) groups is 2. The molecule has 4 rings (SSSR count). The van der Waals surface area contributed by atoms with Gasteiger partial charge in [0.1, 0.15) is 17.5 Å². The van der Waals surface area contributed by atoms with Crippen LogP contribution in [0.4, 0.5) is 9.18 Å². The summed E-state index contributed by atoms with van der Waals surface area (Å²) in [7, 11) is 0. The third-order valence-electron chi connectivity index (χ3n) is 5.12. The van der Waals surface area contributed by atoms with Gasteiger partial charge in [0.2, 0.25) is 0 Å². The van der Waals surface area contributed by atoms with Crippen molar-refractivity contribution in [2.45, 2.75) is 57.1 Å². The normalized spacial score (nSPS) is 28.4. The van der Waals surface area contributed by atoms with Gasteiger partial charge in [-0.25, -0.2) is 14.0 Å². The number of alkyl carbamates (subject to hydrolysis) is 1. The van der Waals surface area contributed by atoms with E-state index in [2.05, 4.69) is 5.32 Å². The summed E-state index contributed by atoms with van der Waals surface area (Å²) in [5, 5.41) is 12.1. The van der Waals surface area contributed by atoms with Crippen molar-refractivity contribution in [1.29, 1.82) is 0 Å². The number of carboxylic acids is 1. The Morgan fingerprint density at radius 2 is 1.92 bits per heavy atom. The van der Waals surface area contributed by atoms with Crippen LogP contribution in [-0.4, -0.2) is 28.8 Å². The summed E-state index contributed by atoms with van der Waals surface area (Å²) in [5.74, 6) is -1.54. The summed E-state index contributed by atoms with van der Waals surface area (Å²) in [6.07, 6.45) is 1.13. The molecule has 2 bridgehead atoms. The number of halogens is 2. The van der Waals surface area contributed by atoms with E-state index in [1.807, 2.05) is 0 Å². The maximum Gasteiger partial charge on any atom is 0.408 e. The predicted octanol–water partition coefficient (Wildman–Crippen LogP) is 3.88. The quantitative estimate of drug-likeness (QED) is 0.844. The summed E-state index contributed by atoms with van der Waals surface area (Å²) in [5.41, 5.74) is -0.426. The van der Waals surface area contributed by atoms with Gasteiger partial charge in [0.15, 0.2) is 0 Å². The number of rotatable bonds is 4. The molecule has 136 valence electrons. The van der Waals surface area contributed by atoms with Crippen molar-refractivity contribution in [2.24, 2.45) is 5.41 Å². The first-order valence-electron chi connectivity index (χ1n) is 8.14. The van der Waals surface area contributed by atoms with Crippen LogP contribution in [0.1, 0.15) is 45.6 Å². The molecule has 1 unspecified atom stereocenters. The van der Waals surface area contributed by atoms with Crippen LogP contribution in [-0.2, 0) is 14.9 Å². The molecule has 3 aliphatic rings. The number of hydrogen-bond acceptors (Lipinski definition) is 3. The van der Waals surface area contributed by atoms with E-state index in [1.165, 1.54) is 6.07 Å². The molecule has 0 radical (unpaired) electrons. The van der Waals surface area contributed by atoms with Gasteiger partial charge in [-0.2, -0.15) is 0 Å². The van der Waals surface area contributed by atoms with Crippen molar-refractivity contribution in [1.82, 2.24) is 5.32 Å². The molecular weight excluding hydrogens is 349 g/mol. The molecule has 0 aromatic heterocycles. The number of ether oxygens (including phenoxy) is 1. The number of carboxylic acid groups (broad SMARTS) is 1. The minimum Gasteiger partial charge on any atom is -0.480 e. The van der Waals surface area contributed by atoms with E-state index in [-0.39, 0.29) is 10.4 Å². The van der Waals surface area contributed by atoms with Crippen molar-refractivity contribution in [3.05, 3.63) is 34.6 Å². The summed E-state index contributed by atoms with van der Waals surface area (Å²) in [6, 6.07) is 3.64. The predicted molar refractivity (Wildman–Crippen MR) is 90.2 cm³/mol. The number of aliphatic carboxylic acids is 1. The number of hydrogen-bond donors (Lipinski definition) is 2. The van der Waals surface area contributed by atoms with Crippen LogP contribution in [0.3, 0.4) is 0 Å². The van der Waals surface area contributed by atoms with Crippen molar-refractivity contribution in [2.75, 3.05) is 0 Å². The topological polar surface area (TPSA) is 75.6 Å². The average Bonchev–Trinajstić information content (AvgIpc) is 2.36. The van der Waals surface area contributed by atoms with Crippen LogP contribution in [0.5, 0.6) is 0 Å². The molecule has 0 saturated heterocycles. The van der Waals surface area contributed by atoms with Crippen LogP contribution in [0.25, 0.3) is 0 Å². The van der Waals surface area contributed by atoms with Gasteiger partial charge in [-0.3, -0.25) is 0 Å². The molecule has 1 aromatic carbocycles. The molecule has 0 heterocycles. The second-order valence-electron chi connectivity index (χ2n) is 8.22. The summed E-state index contributed by atoms with van der Waals surface area (Å²) >= 11 is 5.85. The van der Waals surface area contributed by atoms with E-state index >= 15 is 0 Å². The van der Waals surface area contributed by atoms with Crippen molar-refractivity contribution in [3.8, 4) is 0 Å². The number of amides is 1. The zero-order valence-electron chi connectivity index (χ0n) is 14.4. The highest BCUT2D eigenvalue weighted by Crippen LogP contribution is 2.75. The zero-order chi connectivity index (χ0) is 18.6. The van der Waals surface area contributed by atoms with E-state index in [9.17, 15) is 19.1 Å². The molecule has 1 amide bonds. The third kappa shape index (κ3) is 3.08. The molecular formula is C18H21ClFNO4. The first kappa shape index (κ1) is 18.0. The van der Waals surface area contributed by atoms with Gasteiger partial charge in [-0.05, 0) is 63.1 Å². The van der Waals surface area contributed by atoms with Crippen LogP contribution in [0, 0.1) is 11.2 Å². The molecule has 2 N–H and O–H groups in total. The lowest BCUT2D eigenvalue weighted by atomic mass is 9.31. The Hall–Kier alpha value is -1.82. The van der Waals surface area contributed by atoms with Gasteiger partial charge in [-0.15, -0.1) is 0 Å². The third-order valence-corrected chi connectivity index (χ3v) is 5.41. The molecule has 0 spiro atoms. The van der Waals surface area contributed by atoms with Crippen LogP contribution < -0.4 is 5.32 Å². The monoisotopic (exact) mass is 369 g/mol. The smallest absolute Gasteiger partial charge is 0.408 e. The highest BCUT2D eigenvalue weighted by atomic mass is 35.5. The lowest BCUT2D eigenvalue weighted by molar-refractivity contribution is -0.183. The Balaban J connectivity index is 1.70. The highest BCUT2D eigenvalue weighted by Gasteiger charge is 2.72. The molecule has 3 fully saturated rings. The largest absolute Gasteiger partial charge is 0.480 e. The molecule has 3 saturated carbocycles. The Morgan fingerprint density at radius 1 is 1.32 bits per heavy atom. The second kappa shape index (κ2) is 5.59. The van der Waals surface area contributed by atoms with Crippen LogP contribution in [0.15, 0.2) is 18.2 Å². The Labute approximate surface area is 150 Å². The minimum atomic E-state index is -1.07. The van der Waals surface area contributed by atoms with E-state index in [0.29, 0.717) is 19.3 Å². The lowest BCUT2D eigenvalue weighted by Gasteiger charge is -2.72.